The van der Waals surface area contributed by atoms with Crippen molar-refractivity contribution >= 4 is 23.4 Å². The number of ether oxygens (including phenoxy) is 1. The van der Waals surface area contributed by atoms with Gasteiger partial charge in [0, 0.05) is 17.3 Å². The Bertz CT molecular complexity index is 993. The van der Waals surface area contributed by atoms with Crippen molar-refractivity contribution in [3.8, 4) is 0 Å². The first-order valence-electron chi connectivity index (χ1n) is 11.0. The molecule has 3 heterocycles. The van der Waals surface area contributed by atoms with Gasteiger partial charge in [-0.05, 0) is 52.2 Å². The molecule has 3 aliphatic heterocycles. The van der Waals surface area contributed by atoms with Crippen molar-refractivity contribution in [3.05, 3.63) is 42.0 Å². The fourth-order valence-corrected chi connectivity index (χ4v) is 5.32. The number of benzene rings is 1. The van der Waals surface area contributed by atoms with Gasteiger partial charge in [-0.3, -0.25) is 14.4 Å². The molecule has 5 atom stereocenters. The van der Waals surface area contributed by atoms with Gasteiger partial charge < -0.3 is 20.3 Å². The number of nitrogens with zero attached hydrogens (tertiary/aromatic N) is 1. The molecule has 2 bridgehead atoms. The SMILES string of the molecule is Cc1ccccc1NC(=O)[C@H]1[C@@H]2C=C[C@]3(O2)[C@@H]1C(=O)N(C1CC1)[C@@H]3C(=O)NC(C)(C)C. The number of anilines is 1. The first-order chi connectivity index (χ1) is 14.6. The highest BCUT2D eigenvalue weighted by Crippen LogP contribution is 2.57. The Morgan fingerprint density at radius 1 is 1.16 bits per heavy atom. The second kappa shape index (κ2) is 6.66. The molecular formula is C24H29N3O4. The lowest BCUT2D eigenvalue weighted by Crippen LogP contribution is -2.58. The maximum atomic E-state index is 13.6. The number of para-hydroxylation sites is 1. The van der Waals surface area contributed by atoms with Crippen LogP contribution in [0.4, 0.5) is 5.69 Å². The minimum Gasteiger partial charge on any atom is -0.359 e. The molecule has 3 fully saturated rings. The average Bonchev–Trinajstić information content (AvgIpc) is 3.27. The van der Waals surface area contributed by atoms with Crippen LogP contribution >= 0.6 is 0 Å². The molecule has 1 saturated carbocycles. The molecule has 7 heteroatoms. The summed E-state index contributed by atoms with van der Waals surface area (Å²) in [6, 6.07) is 6.84. The fraction of sp³-hybridized carbons (Fsp3) is 0.542. The number of carbonyl (C=O) groups excluding carboxylic acids is 3. The Morgan fingerprint density at radius 2 is 1.87 bits per heavy atom. The summed E-state index contributed by atoms with van der Waals surface area (Å²) in [5, 5.41) is 6.01. The monoisotopic (exact) mass is 423 g/mol. The Balaban J connectivity index is 1.49. The zero-order valence-electron chi connectivity index (χ0n) is 18.3. The van der Waals surface area contributed by atoms with Crippen LogP contribution < -0.4 is 10.6 Å². The number of fused-ring (bicyclic) bond motifs is 1. The molecule has 5 rings (SSSR count). The van der Waals surface area contributed by atoms with Crippen molar-refractivity contribution in [2.75, 3.05) is 5.32 Å². The first-order valence-corrected chi connectivity index (χ1v) is 11.0. The van der Waals surface area contributed by atoms with E-state index < -0.39 is 35.1 Å². The summed E-state index contributed by atoms with van der Waals surface area (Å²) >= 11 is 0. The molecular weight excluding hydrogens is 394 g/mol. The zero-order valence-corrected chi connectivity index (χ0v) is 18.3. The van der Waals surface area contributed by atoms with Gasteiger partial charge in [-0.1, -0.05) is 30.4 Å². The van der Waals surface area contributed by atoms with Crippen molar-refractivity contribution < 1.29 is 19.1 Å². The van der Waals surface area contributed by atoms with Crippen molar-refractivity contribution in [3.63, 3.8) is 0 Å². The number of rotatable bonds is 4. The third-order valence-corrected chi connectivity index (χ3v) is 6.70. The number of hydrogen-bond acceptors (Lipinski definition) is 4. The largest absolute Gasteiger partial charge is 0.359 e. The normalized spacial score (nSPS) is 33.5. The van der Waals surface area contributed by atoms with E-state index in [1.165, 1.54) is 0 Å². The van der Waals surface area contributed by atoms with Crippen LogP contribution in [-0.4, -0.2) is 51.9 Å². The first kappa shape index (κ1) is 20.2. The minimum atomic E-state index is -1.09. The van der Waals surface area contributed by atoms with E-state index in [0.717, 1.165) is 24.1 Å². The molecule has 2 saturated heterocycles. The Labute approximate surface area is 182 Å². The fourth-order valence-electron chi connectivity index (χ4n) is 5.32. The van der Waals surface area contributed by atoms with E-state index in [0.29, 0.717) is 0 Å². The van der Waals surface area contributed by atoms with Gasteiger partial charge in [-0.25, -0.2) is 0 Å². The molecule has 0 unspecified atom stereocenters. The molecule has 164 valence electrons. The topological polar surface area (TPSA) is 87.7 Å². The summed E-state index contributed by atoms with van der Waals surface area (Å²) in [5.41, 5.74) is 0.143. The number of aryl methyl sites for hydroxylation is 1. The molecule has 1 spiro atoms. The van der Waals surface area contributed by atoms with Crippen LogP contribution in [0.25, 0.3) is 0 Å². The van der Waals surface area contributed by atoms with Crippen LogP contribution in [0.5, 0.6) is 0 Å². The van der Waals surface area contributed by atoms with Gasteiger partial charge >= 0.3 is 0 Å². The molecule has 31 heavy (non-hydrogen) atoms. The minimum absolute atomic E-state index is 0.0410. The number of carbonyl (C=O) groups is 3. The lowest BCUT2D eigenvalue weighted by Gasteiger charge is -2.34. The lowest BCUT2D eigenvalue weighted by molar-refractivity contribution is -0.142. The van der Waals surface area contributed by atoms with Gasteiger partial charge in [0.15, 0.2) is 0 Å². The third kappa shape index (κ3) is 3.09. The molecule has 3 amide bonds. The second-order valence-corrected chi connectivity index (χ2v) is 10.2. The maximum Gasteiger partial charge on any atom is 0.246 e. The molecule has 0 radical (unpaired) electrons. The van der Waals surface area contributed by atoms with Gasteiger partial charge in [0.1, 0.15) is 11.6 Å². The molecule has 1 aromatic rings. The molecule has 1 aromatic carbocycles. The summed E-state index contributed by atoms with van der Waals surface area (Å²) in [7, 11) is 0. The highest BCUT2D eigenvalue weighted by atomic mass is 16.5. The smallest absolute Gasteiger partial charge is 0.246 e. The van der Waals surface area contributed by atoms with Gasteiger partial charge in [-0.2, -0.15) is 0 Å². The highest BCUT2D eigenvalue weighted by Gasteiger charge is 2.74. The van der Waals surface area contributed by atoms with Gasteiger partial charge in [0.2, 0.25) is 17.7 Å². The molecule has 7 nitrogen and oxygen atoms in total. The van der Waals surface area contributed by atoms with E-state index in [4.69, 9.17) is 4.74 Å². The number of likely N-dealkylation sites (tertiary alicyclic amines) is 1. The van der Waals surface area contributed by atoms with Crippen molar-refractivity contribution in [1.82, 2.24) is 10.2 Å². The summed E-state index contributed by atoms with van der Waals surface area (Å²) in [5.74, 6) is -1.96. The zero-order chi connectivity index (χ0) is 22.1. The van der Waals surface area contributed by atoms with E-state index in [2.05, 4.69) is 10.6 Å². The lowest BCUT2D eigenvalue weighted by atomic mass is 9.74. The molecule has 0 aromatic heterocycles. The summed E-state index contributed by atoms with van der Waals surface area (Å²) in [4.78, 5) is 42.0. The van der Waals surface area contributed by atoms with Crippen LogP contribution in [0.3, 0.4) is 0 Å². The van der Waals surface area contributed by atoms with Crippen LogP contribution in [0.15, 0.2) is 36.4 Å². The Morgan fingerprint density at radius 3 is 2.52 bits per heavy atom. The Hall–Kier alpha value is -2.67. The maximum absolute atomic E-state index is 13.6. The summed E-state index contributed by atoms with van der Waals surface area (Å²) in [6.45, 7) is 7.68. The van der Waals surface area contributed by atoms with E-state index in [1.54, 1.807) is 4.90 Å². The van der Waals surface area contributed by atoms with Crippen LogP contribution in [0.1, 0.15) is 39.2 Å². The van der Waals surface area contributed by atoms with Crippen LogP contribution in [0, 0.1) is 18.8 Å². The van der Waals surface area contributed by atoms with E-state index in [1.807, 2.05) is 64.1 Å². The number of hydrogen-bond donors (Lipinski definition) is 2. The van der Waals surface area contributed by atoms with Crippen LogP contribution in [-0.2, 0) is 19.1 Å². The van der Waals surface area contributed by atoms with Crippen molar-refractivity contribution in [1.29, 1.82) is 0 Å². The van der Waals surface area contributed by atoms with E-state index >= 15 is 0 Å². The van der Waals surface area contributed by atoms with Crippen molar-refractivity contribution in [2.45, 2.75) is 69.9 Å². The summed E-state index contributed by atoms with van der Waals surface area (Å²) in [6.07, 6.45) is 4.94. The van der Waals surface area contributed by atoms with Gasteiger partial charge in [0.25, 0.3) is 0 Å². The van der Waals surface area contributed by atoms with E-state index in [-0.39, 0.29) is 23.8 Å². The van der Waals surface area contributed by atoms with Gasteiger partial charge in [-0.15, -0.1) is 0 Å². The quantitative estimate of drug-likeness (QED) is 0.727. The molecule has 1 aliphatic carbocycles. The predicted molar refractivity (Wildman–Crippen MR) is 115 cm³/mol. The molecule has 4 aliphatic rings. The molecule has 2 N–H and O–H groups in total. The van der Waals surface area contributed by atoms with E-state index in [9.17, 15) is 14.4 Å². The predicted octanol–water partition coefficient (Wildman–Crippen LogP) is 2.16. The average molecular weight is 424 g/mol. The number of nitrogens with one attached hydrogen (secondary N) is 2. The summed E-state index contributed by atoms with van der Waals surface area (Å²) < 4.78 is 6.32. The van der Waals surface area contributed by atoms with Gasteiger partial charge in [0.05, 0.1) is 17.9 Å². The third-order valence-electron chi connectivity index (χ3n) is 6.70. The standard InChI is InChI=1S/C24H29N3O4/c1-13-7-5-6-8-15(13)25-20(28)17-16-11-12-24(31-16)18(17)22(30)27(14-9-10-14)19(24)21(29)26-23(2,3)4/h5-8,11-12,14,16-19H,9-10H2,1-4H3,(H,25,28)(H,26,29)/t16-,17-,18-,19+,24-/m0/s1. The second-order valence-electron chi connectivity index (χ2n) is 10.2. The van der Waals surface area contributed by atoms with Crippen LogP contribution in [0.2, 0.25) is 0 Å². The Kier molecular flexibility index (Phi) is 4.35. The highest BCUT2D eigenvalue weighted by molar-refractivity contribution is 6.03. The van der Waals surface area contributed by atoms with Crippen molar-refractivity contribution in [2.24, 2.45) is 11.8 Å². The number of amides is 3.